The van der Waals surface area contributed by atoms with Crippen LogP contribution in [-0.2, 0) is 4.74 Å². The van der Waals surface area contributed by atoms with Gasteiger partial charge in [-0.15, -0.1) is 11.3 Å². The highest BCUT2D eigenvalue weighted by Gasteiger charge is 2.21. The summed E-state index contributed by atoms with van der Waals surface area (Å²) in [5, 5.41) is 3.77. The van der Waals surface area contributed by atoms with Gasteiger partial charge in [0.15, 0.2) is 5.13 Å². The number of anilines is 1. The molecule has 0 saturated heterocycles. The second kappa shape index (κ2) is 7.07. The minimum absolute atomic E-state index is 0.256. The molecule has 1 aromatic carbocycles. The third kappa shape index (κ3) is 3.51. The van der Waals surface area contributed by atoms with Crippen LogP contribution in [0.5, 0.6) is 0 Å². The van der Waals surface area contributed by atoms with Crippen LogP contribution in [0.1, 0.15) is 32.0 Å². The summed E-state index contributed by atoms with van der Waals surface area (Å²) in [4.78, 5) is 29.1. The number of aryl methyl sites for hydroxylation is 1. The summed E-state index contributed by atoms with van der Waals surface area (Å²) in [5.74, 6) is -1.34. The Morgan fingerprint density at radius 3 is 2.80 bits per heavy atom. The predicted molar refractivity (Wildman–Crippen MR) is 97.6 cm³/mol. The summed E-state index contributed by atoms with van der Waals surface area (Å²) in [6.45, 7) is 3.63. The topological polar surface area (TPSA) is 68.3 Å². The Kier molecular flexibility index (Phi) is 5.03. The smallest absolute Gasteiger partial charge is 0.350 e. The van der Waals surface area contributed by atoms with Crippen molar-refractivity contribution in [2.45, 2.75) is 13.8 Å². The lowest BCUT2D eigenvalue weighted by atomic mass is 10.2. The molecule has 3 aromatic rings. The number of hydrogen-bond donors (Lipinski definition) is 1. The van der Waals surface area contributed by atoms with Crippen LogP contribution in [0.3, 0.4) is 0 Å². The number of nitrogens with zero attached hydrogens (tertiary/aromatic N) is 1. The second-order valence-corrected chi connectivity index (χ2v) is 7.42. The number of aromatic nitrogens is 1. The van der Waals surface area contributed by atoms with Gasteiger partial charge >= 0.3 is 5.97 Å². The molecule has 0 aliphatic carbocycles. The number of carbonyl (C=O) groups excluding carboxylic acids is 2. The Bertz CT molecular complexity index is 983. The Balaban J connectivity index is 1.87. The number of carbonyl (C=O) groups is 2. The molecule has 0 unspecified atom stereocenters. The number of thiazole rings is 1. The van der Waals surface area contributed by atoms with Gasteiger partial charge in [0, 0.05) is 10.1 Å². The molecule has 0 spiro atoms. The molecule has 5 nitrogen and oxygen atoms in total. The number of amides is 1. The van der Waals surface area contributed by atoms with Gasteiger partial charge in [-0.3, -0.25) is 10.1 Å². The van der Waals surface area contributed by atoms with Crippen LogP contribution in [0.25, 0.3) is 10.1 Å². The lowest BCUT2D eigenvalue weighted by molar-refractivity contribution is 0.0531. The standard InChI is InChI=1S/C16H12ClFN2O3S2/c1-3-23-15(22)12-7(2)19-16(25-12)20-14(21)13-11(17)9-5-4-8(18)6-10(9)24-13/h4-6H,3H2,1-2H3,(H,19,20,21). The molecule has 130 valence electrons. The van der Waals surface area contributed by atoms with Crippen LogP contribution >= 0.6 is 34.3 Å². The van der Waals surface area contributed by atoms with E-state index in [2.05, 4.69) is 10.3 Å². The number of halogens is 2. The molecule has 0 radical (unpaired) electrons. The lowest BCUT2D eigenvalue weighted by Crippen LogP contribution is -2.10. The van der Waals surface area contributed by atoms with Crippen molar-refractivity contribution >= 4 is 61.4 Å². The monoisotopic (exact) mass is 398 g/mol. The lowest BCUT2D eigenvalue weighted by Gasteiger charge is -1.99. The van der Waals surface area contributed by atoms with Gasteiger partial charge in [0.1, 0.15) is 15.6 Å². The van der Waals surface area contributed by atoms with Crippen LogP contribution in [0.2, 0.25) is 5.02 Å². The molecule has 0 atom stereocenters. The summed E-state index contributed by atoms with van der Waals surface area (Å²) < 4.78 is 18.8. The van der Waals surface area contributed by atoms with Crippen LogP contribution in [0, 0.1) is 12.7 Å². The summed E-state index contributed by atoms with van der Waals surface area (Å²) in [5.41, 5.74) is 0.475. The van der Waals surface area contributed by atoms with Crippen molar-refractivity contribution in [1.29, 1.82) is 0 Å². The average molecular weight is 399 g/mol. The highest BCUT2D eigenvalue weighted by Crippen LogP contribution is 2.36. The molecule has 0 bridgehead atoms. The first kappa shape index (κ1) is 17.8. The van der Waals surface area contributed by atoms with Gasteiger partial charge in [0.25, 0.3) is 5.91 Å². The molecule has 0 aliphatic heterocycles. The van der Waals surface area contributed by atoms with E-state index < -0.39 is 17.7 Å². The van der Waals surface area contributed by atoms with E-state index >= 15 is 0 Å². The predicted octanol–water partition coefficient (Wildman–Crippen LogP) is 4.89. The van der Waals surface area contributed by atoms with Crippen molar-refractivity contribution in [3.05, 3.63) is 44.5 Å². The quantitative estimate of drug-likeness (QED) is 0.635. The molecule has 1 amide bonds. The highest BCUT2D eigenvalue weighted by atomic mass is 35.5. The van der Waals surface area contributed by atoms with Crippen molar-refractivity contribution in [2.24, 2.45) is 0 Å². The van der Waals surface area contributed by atoms with Gasteiger partial charge < -0.3 is 4.74 Å². The molecular formula is C16H12ClFN2O3S2. The zero-order valence-electron chi connectivity index (χ0n) is 13.2. The molecule has 9 heteroatoms. The van der Waals surface area contributed by atoms with E-state index in [1.807, 2.05) is 0 Å². The molecule has 25 heavy (non-hydrogen) atoms. The van der Waals surface area contributed by atoms with E-state index in [1.165, 1.54) is 18.2 Å². The number of fused-ring (bicyclic) bond motifs is 1. The third-order valence-corrected chi connectivity index (χ3v) is 5.98. The van der Waals surface area contributed by atoms with E-state index in [0.717, 1.165) is 22.7 Å². The normalized spacial score (nSPS) is 10.9. The van der Waals surface area contributed by atoms with Gasteiger partial charge in [0.2, 0.25) is 0 Å². The number of esters is 1. The first-order valence-corrected chi connectivity index (χ1v) is 9.25. The average Bonchev–Trinajstić information content (AvgIpc) is 3.07. The minimum Gasteiger partial charge on any atom is -0.462 e. The van der Waals surface area contributed by atoms with Crippen LogP contribution < -0.4 is 5.32 Å². The first-order chi connectivity index (χ1) is 11.9. The van der Waals surface area contributed by atoms with Gasteiger partial charge in [-0.05, 0) is 32.0 Å². The number of thiophene rings is 1. The number of rotatable bonds is 4. The van der Waals surface area contributed by atoms with Crippen molar-refractivity contribution in [3.63, 3.8) is 0 Å². The Labute approximate surface area is 155 Å². The Morgan fingerprint density at radius 1 is 1.32 bits per heavy atom. The minimum atomic E-state index is -0.478. The number of hydrogen-bond acceptors (Lipinski definition) is 6. The summed E-state index contributed by atoms with van der Waals surface area (Å²) in [7, 11) is 0. The third-order valence-electron chi connectivity index (χ3n) is 3.28. The van der Waals surface area contributed by atoms with Crippen molar-refractivity contribution in [1.82, 2.24) is 4.98 Å². The zero-order valence-corrected chi connectivity index (χ0v) is 15.6. The van der Waals surface area contributed by atoms with Crippen molar-refractivity contribution in [2.75, 3.05) is 11.9 Å². The summed E-state index contributed by atoms with van der Waals surface area (Å²) >= 11 is 8.36. The molecule has 0 saturated carbocycles. The van der Waals surface area contributed by atoms with E-state index in [-0.39, 0.29) is 21.6 Å². The molecule has 1 N–H and O–H groups in total. The Morgan fingerprint density at radius 2 is 2.08 bits per heavy atom. The summed E-state index contributed by atoms with van der Waals surface area (Å²) in [6.07, 6.45) is 0. The SMILES string of the molecule is CCOC(=O)c1sc(NC(=O)c2sc3cc(F)ccc3c2Cl)nc1C. The number of ether oxygens (including phenoxy) is 1. The van der Waals surface area contributed by atoms with E-state index in [4.69, 9.17) is 16.3 Å². The maximum atomic E-state index is 13.3. The van der Waals surface area contributed by atoms with Crippen LogP contribution in [0.15, 0.2) is 18.2 Å². The largest absolute Gasteiger partial charge is 0.462 e. The fraction of sp³-hybridized carbons (Fsp3) is 0.188. The Hall–Kier alpha value is -2.03. The van der Waals surface area contributed by atoms with Crippen LogP contribution in [0.4, 0.5) is 9.52 Å². The van der Waals surface area contributed by atoms with E-state index in [0.29, 0.717) is 20.7 Å². The zero-order chi connectivity index (χ0) is 18.1. The van der Waals surface area contributed by atoms with E-state index in [1.54, 1.807) is 13.8 Å². The molecular weight excluding hydrogens is 387 g/mol. The molecule has 3 rings (SSSR count). The maximum Gasteiger partial charge on any atom is 0.350 e. The van der Waals surface area contributed by atoms with Gasteiger partial charge in [-0.1, -0.05) is 22.9 Å². The van der Waals surface area contributed by atoms with Gasteiger partial charge in [0.05, 0.1) is 17.3 Å². The first-order valence-electron chi connectivity index (χ1n) is 7.24. The fourth-order valence-corrected chi connectivity index (χ4v) is 4.47. The number of nitrogens with one attached hydrogen (secondary N) is 1. The second-order valence-electron chi connectivity index (χ2n) is 4.99. The highest BCUT2D eigenvalue weighted by molar-refractivity contribution is 7.22. The summed E-state index contributed by atoms with van der Waals surface area (Å²) in [6, 6.07) is 4.15. The molecule has 2 aromatic heterocycles. The molecule has 0 fully saturated rings. The molecule has 2 heterocycles. The van der Waals surface area contributed by atoms with Crippen molar-refractivity contribution < 1.29 is 18.7 Å². The maximum absolute atomic E-state index is 13.3. The molecule has 0 aliphatic rings. The fourth-order valence-electron chi connectivity index (χ4n) is 2.17. The van der Waals surface area contributed by atoms with Gasteiger partial charge in [-0.2, -0.15) is 0 Å². The van der Waals surface area contributed by atoms with Gasteiger partial charge in [-0.25, -0.2) is 14.2 Å². The van der Waals surface area contributed by atoms with E-state index in [9.17, 15) is 14.0 Å². The number of benzene rings is 1. The van der Waals surface area contributed by atoms with Crippen LogP contribution in [-0.4, -0.2) is 23.5 Å². The van der Waals surface area contributed by atoms with Crippen molar-refractivity contribution in [3.8, 4) is 0 Å².